The second kappa shape index (κ2) is 9.00. The number of hydrogen-bond donors (Lipinski definition) is 3. The largest absolute Gasteiger partial charge is 0.416 e. The van der Waals surface area contributed by atoms with Gasteiger partial charge in [-0.1, -0.05) is 11.6 Å². The zero-order valence-electron chi connectivity index (χ0n) is 18.4. The zero-order valence-corrected chi connectivity index (χ0v) is 19.1. The normalized spacial score (nSPS) is 14.9. The van der Waals surface area contributed by atoms with E-state index in [0.29, 0.717) is 23.5 Å². The van der Waals surface area contributed by atoms with Gasteiger partial charge in [-0.15, -0.1) is 0 Å². The van der Waals surface area contributed by atoms with Gasteiger partial charge in [-0.05, 0) is 48.5 Å². The Labute approximate surface area is 210 Å². The molecule has 0 radical (unpaired) electrons. The maximum Gasteiger partial charge on any atom is 0.416 e. The third-order valence-electron chi connectivity index (χ3n) is 5.76. The van der Waals surface area contributed by atoms with Crippen LogP contribution in [0.5, 0.6) is 0 Å². The van der Waals surface area contributed by atoms with Crippen molar-refractivity contribution in [3.63, 3.8) is 0 Å². The molecule has 2 amide bonds. The Hall–Kier alpha value is -4.25. The van der Waals surface area contributed by atoms with Gasteiger partial charge in [0.25, 0.3) is 11.8 Å². The number of carbonyl (C=O) groups excluding carboxylic acids is 2. The van der Waals surface area contributed by atoms with Gasteiger partial charge in [-0.3, -0.25) is 9.59 Å². The fourth-order valence-electron chi connectivity index (χ4n) is 4.14. The number of imidazole rings is 1. The van der Waals surface area contributed by atoms with E-state index in [1.165, 1.54) is 30.6 Å². The highest BCUT2D eigenvalue weighted by Crippen LogP contribution is 2.41. The van der Waals surface area contributed by atoms with Crippen molar-refractivity contribution < 1.29 is 31.5 Å². The van der Waals surface area contributed by atoms with E-state index < -0.39 is 46.8 Å². The summed E-state index contributed by atoms with van der Waals surface area (Å²) in [6.45, 7) is 0. The van der Waals surface area contributed by atoms with Gasteiger partial charge in [0, 0.05) is 50.9 Å². The summed E-state index contributed by atoms with van der Waals surface area (Å²) in [6.07, 6.45) is -1.89. The van der Waals surface area contributed by atoms with Crippen LogP contribution in [0.3, 0.4) is 0 Å². The van der Waals surface area contributed by atoms with Gasteiger partial charge < -0.3 is 15.6 Å². The van der Waals surface area contributed by atoms with Crippen molar-refractivity contribution in [1.82, 2.24) is 15.3 Å². The highest BCUT2D eigenvalue weighted by atomic mass is 35.5. The lowest BCUT2D eigenvalue weighted by atomic mass is 9.94. The number of nitrogens with one attached hydrogen (secondary N) is 3. The molecule has 12 heteroatoms. The number of rotatable bonds is 4. The number of halogens is 6. The van der Waals surface area contributed by atoms with Crippen molar-refractivity contribution in [3.05, 3.63) is 105 Å². The lowest BCUT2D eigenvalue weighted by Crippen LogP contribution is -2.21. The minimum absolute atomic E-state index is 0.00963. The van der Waals surface area contributed by atoms with Crippen molar-refractivity contribution in [2.75, 3.05) is 5.32 Å². The number of hydrogen-bond acceptors (Lipinski definition) is 3. The SMILES string of the molecule is O=C(Nc1cc(-c2ncc[nH]2)cc2c1[C@@H](c1cc(F)ccc1Cl)NC2=O)c1cc(F)cc(C(F)(F)F)c1. The Bertz CT molecular complexity index is 1550. The molecule has 0 bridgehead atoms. The quantitative estimate of drug-likeness (QED) is 0.277. The average Bonchev–Trinajstić information content (AvgIpc) is 3.48. The number of benzene rings is 3. The first-order valence-electron chi connectivity index (χ1n) is 10.6. The van der Waals surface area contributed by atoms with E-state index in [1.807, 2.05) is 0 Å². The first-order chi connectivity index (χ1) is 17.5. The van der Waals surface area contributed by atoms with Crippen LogP contribution in [0.4, 0.5) is 27.6 Å². The fraction of sp³-hybridized carbons (Fsp3) is 0.0800. The maximum absolute atomic E-state index is 14.0. The number of alkyl halides is 3. The predicted molar refractivity (Wildman–Crippen MR) is 124 cm³/mol. The first kappa shape index (κ1) is 24.4. The minimum atomic E-state index is -4.88. The Morgan fingerprint density at radius 1 is 1.03 bits per heavy atom. The van der Waals surface area contributed by atoms with Crippen LogP contribution in [0.1, 0.15) is 43.4 Å². The van der Waals surface area contributed by atoms with Gasteiger partial charge in [0.2, 0.25) is 0 Å². The van der Waals surface area contributed by atoms with E-state index in [-0.39, 0.29) is 33.5 Å². The van der Waals surface area contributed by atoms with Crippen molar-refractivity contribution >= 4 is 29.1 Å². The van der Waals surface area contributed by atoms with E-state index >= 15 is 0 Å². The Kier molecular flexibility index (Phi) is 5.95. The summed E-state index contributed by atoms with van der Waals surface area (Å²) < 4.78 is 67.5. The topological polar surface area (TPSA) is 86.9 Å². The summed E-state index contributed by atoms with van der Waals surface area (Å²) in [5.41, 5.74) is -1.06. The van der Waals surface area contributed by atoms with E-state index in [4.69, 9.17) is 11.6 Å². The predicted octanol–water partition coefficient (Wildman–Crippen LogP) is 6.11. The van der Waals surface area contributed by atoms with E-state index in [0.717, 1.165) is 12.1 Å². The molecule has 0 saturated carbocycles. The van der Waals surface area contributed by atoms with Crippen LogP contribution >= 0.6 is 11.6 Å². The number of aromatic nitrogens is 2. The molecule has 1 atom stereocenters. The summed E-state index contributed by atoms with van der Waals surface area (Å²) in [4.78, 5) is 32.9. The second-order valence-electron chi connectivity index (χ2n) is 8.18. The molecule has 2 heterocycles. The standard InChI is InChI=1S/C25H14ClF5N4O2/c26-18-2-1-14(27)10-16(18)21-20-17(24(37)35-21)7-11(22-32-3-4-33-22)8-19(20)34-23(36)12-5-13(25(29,30)31)9-15(28)6-12/h1-10,21H,(H,32,33)(H,34,36)(H,35,37)/t21-/m1/s1. The number of fused-ring (bicyclic) bond motifs is 1. The van der Waals surface area contributed by atoms with Gasteiger partial charge in [0.05, 0.1) is 11.6 Å². The zero-order chi connectivity index (χ0) is 26.5. The molecule has 0 unspecified atom stereocenters. The molecular formula is C25H14ClF5N4O2. The maximum atomic E-state index is 14.0. The number of carbonyl (C=O) groups is 2. The number of anilines is 1. The van der Waals surface area contributed by atoms with E-state index in [1.54, 1.807) is 0 Å². The molecule has 3 N–H and O–H groups in total. The molecule has 4 aromatic rings. The van der Waals surface area contributed by atoms with Crippen LogP contribution < -0.4 is 10.6 Å². The summed E-state index contributed by atoms with van der Waals surface area (Å²) >= 11 is 6.27. The van der Waals surface area contributed by atoms with Gasteiger partial charge >= 0.3 is 6.18 Å². The van der Waals surface area contributed by atoms with Crippen molar-refractivity contribution in [2.24, 2.45) is 0 Å². The summed E-state index contributed by atoms with van der Waals surface area (Å²) in [5, 5.41) is 5.30. The minimum Gasteiger partial charge on any atom is -0.345 e. The molecule has 6 nitrogen and oxygen atoms in total. The monoisotopic (exact) mass is 532 g/mol. The first-order valence-corrected chi connectivity index (χ1v) is 11.0. The van der Waals surface area contributed by atoms with Gasteiger partial charge in [0.1, 0.15) is 17.5 Å². The molecule has 188 valence electrons. The molecule has 1 aliphatic heterocycles. The molecule has 0 saturated heterocycles. The summed E-state index contributed by atoms with van der Waals surface area (Å²) in [5.74, 6) is -3.17. The van der Waals surface area contributed by atoms with Crippen LogP contribution in [-0.2, 0) is 6.18 Å². The van der Waals surface area contributed by atoms with E-state index in [9.17, 15) is 31.5 Å². The number of H-pyrrole nitrogens is 1. The van der Waals surface area contributed by atoms with Crippen LogP contribution in [0, 0.1) is 11.6 Å². The van der Waals surface area contributed by atoms with Crippen LogP contribution in [0.25, 0.3) is 11.4 Å². The van der Waals surface area contributed by atoms with Crippen LogP contribution in [0.15, 0.2) is 60.9 Å². The molecule has 5 rings (SSSR count). The number of amides is 2. The Morgan fingerprint density at radius 2 is 1.81 bits per heavy atom. The molecule has 1 aromatic heterocycles. The summed E-state index contributed by atoms with van der Waals surface area (Å²) in [7, 11) is 0. The lowest BCUT2D eigenvalue weighted by molar-refractivity contribution is -0.137. The Morgan fingerprint density at radius 3 is 2.51 bits per heavy atom. The molecular weight excluding hydrogens is 519 g/mol. The van der Waals surface area contributed by atoms with Gasteiger partial charge in [0.15, 0.2) is 0 Å². The summed E-state index contributed by atoms with van der Waals surface area (Å²) in [6, 6.07) is 6.95. The van der Waals surface area contributed by atoms with Crippen molar-refractivity contribution in [2.45, 2.75) is 12.2 Å². The third kappa shape index (κ3) is 4.65. The molecule has 0 fully saturated rings. The molecule has 3 aromatic carbocycles. The molecule has 37 heavy (non-hydrogen) atoms. The molecule has 0 aliphatic carbocycles. The third-order valence-corrected chi connectivity index (χ3v) is 6.11. The molecule has 1 aliphatic rings. The average molecular weight is 533 g/mol. The molecule has 0 spiro atoms. The van der Waals surface area contributed by atoms with Crippen molar-refractivity contribution in [1.29, 1.82) is 0 Å². The number of nitrogens with zero attached hydrogens (tertiary/aromatic N) is 1. The van der Waals surface area contributed by atoms with Crippen LogP contribution in [-0.4, -0.2) is 21.8 Å². The highest BCUT2D eigenvalue weighted by molar-refractivity contribution is 6.31. The van der Waals surface area contributed by atoms with Gasteiger partial charge in [-0.2, -0.15) is 13.2 Å². The van der Waals surface area contributed by atoms with Crippen LogP contribution in [0.2, 0.25) is 5.02 Å². The fourth-order valence-corrected chi connectivity index (χ4v) is 4.37. The number of aromatic amines is 1. The lowest BCUT2D eigenvalue weighted by Gasteiger charge is -2.19. The highest BCUT2D eigenvalue weighted by Gasteiger charge is 2.36. The Balaban J connectivity index is 1.65. The second-order valence-corrected chi connectivity index (χ2v) is 8.58. The van der Waals surface area contributed by atoms with Gasteiger partial charge in [-0.25, -0.2) is 13.8 Å². The smallest absolute Gasteiger partial charge is 0.345 e. The van der Waals surface area contributed by atoms with E-state index in [2.05, 4.69) is 20.6 Å². The van der Waals surface area contributed by atoms with Crippen molar-refractivity contribution in [3.8, 4) is 11.4 Å².